The molecule has 2 N–H and O–H groups in total. The molecule has 1 aromatic carbocycles. The summed E-state index contributed by atoms with van der Waals surface area (Å²) in [6.07, 6.45) is 2.67. The molecule has 1 aliphatic rings. The van der Waals surface area contributed by atoms with Crippen LogP contribution in [-0.4, -0.2) is 23.7 Å². The smallest absolute Gasteiger partial charge is 0.180 e. The maximum absolute atomic E-state index is 5.90. The first-order valence-electron chi connectivity index (χ1n) is 7.04. The molecule has 0 saturated heterocycles. The number of nitrogen functional groups attached to an aromatic ring is 1. The molecule has 0 aliphatic carbocycles. The normalized spacial score (nSPS) is 17.0. The summed E-state index contributed by atoms with van der Waals surface area (Å²) >= 11 is 1.47. The number of rotatable bonds is 2. The standard InChI is InChI=1S/C16H15N3O2S/c1-20-10-2-3-13-11(5-10)12-4-9(7-21-15(12)6-18-13)14-8-22-16(17)19-14/h2-3,5-6,8-9H,4,7H2,1H3,(H2,17,19). The van der Waals surface area contributed by atoms with E-state index in [0.29, 0.717) is 11.7 Å². The number of nitrogens with zero attached hydrogens (tertiary/aromatic N) is 2. The number of nitrogens with two attached hydrogens (primary N) is 1. The van der Waals surface area contributed by atoms with E-state index in [1.54, 1.807) is 13.3 Å². The number of aromatic nitrogens is 2. The monoisotopic (exact) mass is 313 g/mol. The van der Waals surface area contributed by atoms with E-state index >= 15 is 0 Å². The zero-order valence-electron chi connectivity index (χ0n) is 12.1. The number of fused-ring (bicyclic) bond motifs is 3. The lowest BCUT2D eigenvalue weighted by atomic mass is 9.92. The van der Waals surface area contributed by atoms with Gasteiger partial charge in [0, 0.05) is 22.2 Å². The predicted octanol–water partition coefficient (Wildman–Crippen LogP) is 3.00. The number of hydrogen-bond donors (Lipinski definition) is 1. The average Bonchev–Trinajstić information content (AvgIpc) is 3.00. The average molecular weight is 313 g/mol. The molecule has 0 amide bonds. The fraction of sp³-hybridized carbons (Fsp3) is 0.250. The molecule has 1 atom stereocenters. The number of hydrogen-bond acceptors (Lipinski definition) is 6. The van der Waals surface area contributed by atoms with Crippen LogP contribution in [0.2, 0.25) is 0 Å². The molecule has 0 fully saturated rings. The third-order valence-electron chi connectivity index (χ3n) is 4.00. The van der Waals surface area contributed by atoms with Gasteiger partial charge < -0.3 is 15.2 Å². The van der Waals surface area contributed by atoms with Gasteiger partial charge in [0.15, 0.2) is 5.13 Å². The summed E-state index contributed by atoms with van der Waals surface area (Å²) < 4.78 is 11.2. The molecule has 5 nitrogen and oxygen atoms in total. The summed E-state index contributed by atoms with van der Waals surface area (Å²) in [5.74, 6) is 1.89. The molecule has 22 heavy (non-hydrogen) atoms. The molecule has 1 aliphatic heterocycles. The van der Waals surface area contributed by atoms with Gasteiger partial charge in [-0.3, -0.25) is 4.98 Å². The number of benzene rings is 1. The molecule has 3 aromatic rings. The second-order valence-electron chi connectivity index (χ2n) is 5.31. The first-order valence-corrected chi connectivity index (χ1v) is 7.92. The zero-order valence-corrected chi connectivity index (χ0v) is 12.9. The minimum atomic E-state index is 0.220. The second kappa shape index (κ2) is 5.14. The molecule has 6 heteroatoms. The lowest BCUT2D eigenvalue weighted by Crippen LogP contribution is -2.20. The van der Waals surface area contributed by atoms with Crippen LogP contribution in [0.4, 0.5) is 5.13 Å². The Bertz CT molecular complexity index is 841. The summed E-state index contributed by atoms with van der Waals surface area (Å²) in [4.78, 5) is 8.85. The van der Waals surface area contributed by atoms with Crippen molar-refractivity contribution >= 4 is 27.4 Å². The van der Waals surface area contributed by atoms with Crippen molar-refractivity contribution in [2.75, 3.05) is 19.5 Å². The van der Waals surface area contributed by atoms with Gasteiger partial charge >= 0.3 is 0 Å². The Balaban J connectivity index is 1.80. The Morgan fingerprint density at radius 1 is 1.41 bits per heavy atom. The number of pyridine rings is 1. The summed E-state index contributed by atoms with van der Waals surface area (Å²) in [5.41, 5.74) is 8.85. The Morgan fingerprint density at radius 3 is 3.09 bits per heavy atom. The minimum Gasteiger partial charge on any atom is -0.497 e. The Hall–Kier alpha value is -2.34. The van der Waals surface area contributed by atoms with Crippen molar-refractivity contribution in [1.29, 1.82) is 0 Å². The second-order valence-corrected chi connectivity index (χ2v) is 6.20. The quantitative estimate of drug-likeness (QED) is 0.787. The Labute approximate surface area is 131 Å². The molecule has 2 aromatic heterocycles. The van der Waals surface area contributed by atoms with E-state index in [0.717, 1.165) is 40.1 Å². The number of thiazole rings is 1. The predicted molar refractivity (Wildman–Crippen MR) is 86.8 cm³/mol. The highest BCUT2D eigenvalue weighted by atomic mass is 32.1. The summed E-state index contributed by atoms with van der Waals surface area (Å²) in [6, 6.07) is 5.91. The number of ether oxygens (including phenoxy) is 2. The molecular weight excluding hydrogens is 298 g/mol. The van der Waals surface area contributed by atoms with Crippen LogP contribution in [0.1, 0.15) is 17.2 Å². The molecule has 3 heterocycles. The van der Waals surface area contributed by atoms with E-state index in [9.17, 15) is 0 Å². The molecule has 112 valence electrons. The van der Waals surface area contributed by atoms with Gasteiger partial charge in [0.1, 0.15) is 11.5 Å². The maximum Gasteiger partial charge on any atom is 0.180 e. The fourth-order valence-corrected chi connectivity index (χ4v) is 3.49. The highest BCUT2D eigenvalue weighted by Crippen LogP contribution is 2.37. The van der Waals surface area contributed by atoms with Crippen molar-refractivity contribution < 1.29 is 9.47 Å². The van der Waals surface area contributed by atoms with Gasteiger partial charge in [0.05, 0.1) is 31.1 Å². The SMILES string of the molecule is COc1ccc2ncc3c(c2c1)CC(c1csc(N)n1)CO3. The van der Waals surface area contributed by atoms with E-state index in [4.69, 9.17) is 15.2 Å². The number of methoxy groups -OCH3 is 1. The van der Waals surface area contributed by atoms with Crippen molar-refractivity contribution in [1.82, 2.24) is 9.97 Å². The van der Waals surface area contributed by atoms with E-state index < -0.39 is 0 Å². The zero-order chi connectivity index (χ0) is 15.1. The Morgan fingerprint density at radius 2 is 2.32 bits per heavy atom. The van der Waals surface area contributed by atoms with Crippen LogP contribution in [-0.2, 0) is 6.42 Å². The highest BCUT2D eigenvalue weighted by Gasteiger charge is 2.25. The minimum absolute atomic E-state index is 0.220. The maximum atomic E-state index is 5.90. The summed E-state index contributed by atoms with van der Waals surface area (Å²) in [7, 11) is 1.67. The summed E-state index contributed by atoms with van der Waals surface area (Å²) in [6.45, 7) is 0.604. The van der Waals surface area contributed by atoms with Gasteiger partial charge in [-0.05, 0) is 24.6 Å². The molecule has 0 saturated carbocycles. The van der Waals surface area contributed by atoms with Gasteiger partial charge in [-0.15, -0.1) is 11.3 Å². The van der Waals surface area contributed by atoms with E-state index in [1.807, 2.05) is 23.6 Å². The van der Waals surface area contributed by atoms with E-state index in [2.05, 4.69) is 9.97 Å². The highest BCUT2D eigenvalue weighted by molar-refractivity contribution is 7.13. The molecule has 0 bridgehead atoms. The van der Waals surface area contributed by atoms with Crippen LogP contribution in [0.25, 0.3) is 10.9 Å². The topological polar surface area (TPSA) is 70.3 Å². The van der Waals surface area contributed by atoms with Gasteiger partial charge in [0.2, 0.25) is 0 Å². The molecule has 1 unspecified atom stereocenters. The van der Waals surface area contributed by atoms with Crippen LogP contribution < -0.4 is 15.2 Å². The van der Waals surface area contributed by atoms with Gasteiger partial charge in [-0.2, -0.15) is 0 Å². The third kappa shape index (κ3) is 2.16. The van der Waals surface area contributed by atoms with Crippen LogP contribution in [0, 0.1) is 0 Å². The van der Waals surface area contributed by atoms with Gasteiger partial charge in [-0.25, -0.2) is 4.98 Å². The third-order valence-corrected chi connectivity index (χ3v) is 4.69. The first-order chi connectivity index (χ1) is 10.7. The largest absolute Gasteiger partial charge is 0.497 e. The van der Waals surface area contributed by atoms with Crippen LogP contribution >= 0.6 is 11.3 Å². The molecule has 0 spiro atoms. The van der Waals surface area contributed by atoms with Crippen molar-refractivity contribution in [3.8, 4) is 11.5 Å². The number of anilines is 1. The van der Waals surface area contributed by atoms with Crippen LogP contribution in [0.5, 0.6) is 11.5 Å². The van der Waals surface area contributed by atoms with Crippen molar-refractivity contribution in [2.24, 2.45) is 0 Å². The van der Waals surface area contributed by atoms with Crippen molar-refractivity contribution in [2.45, 2.75) is 12.3 Å². The molecule has 4 rings (SSSR count). The first kappa shape index (κ1) is 13.3. The van der Waals surface area contributed by atoms with Crippen molar-refractivity contribution in [3.05, 3.63) is 41.0 Å². The lowest BCUT2D eigenvalue weighted by molar-refractivity contribution is 0.261. The molecule has 0 radical (unpaired) electrons. The fourth-order valence-electron chi connectivity index (χ4n) is 2.84. The molecular formula is C16H15N3O2S. The van der Waals surface area contributed by atoms with Gasteiger partial charge in [0.25, 0.3) is 0 Å². The van der Waals surface area contributed by atoms with E-state index in [-0.39, 0.29) is 5.92 Å². The van der Waals surface area contributed by atoms with E-state index in [1.165, 1.54) is 11.3 Å². The van der Waals surface area contributed by atoms with Crippen LogP contribution in [0.15, 0.2) is 29.8 Å². The lowest BCUT2D eigenvalue weighted by Gasteiger charge is -2.25. The summed E-state index contributed by atoms with van der Waals surface area (Å²) in [5, 5.41) is 3.69. The van der Waals surface area contributed by atoms with Crippen molar-refractivity contribution in [3.63, 3.8) is 0 Å². The Kier molecular flexibility index (Phi) is 3.11. The van der Waals surface area contributed by atoms with Gasteiger partial charge in [-0.1, -0.05) is 0 Å². The van der Waals surface area contributed by atoms with Crippen LogP contribution in [0.3, 0.4) is 0 Å².